The van der Waals surface area contributed by atoms with E-state index in [4.69, 9.17) is 0 Å². The van der Waals surface area contributed by atoms with E-state index in [-0.39, 0.29) is 18.2 Å². The number of sulfone groups is 1. The maximum Gasteiger partial charge on any atom is 0.416 e. The van der Waals surface area contributed by atoms with Gasteiger partial charge in [0.1, 0.15) is 5.82 Å². The number of nitrogens with one attached hydrogen (secondary N) is 2. The van der Waals surface area contributed by atoms with E-state index in [1.165, 1.54) is 24.6 Å². The van der Waals surface area contributed by atoms with Crippen LogP contribution < -0.4 is 10.6 Å². The summed E-state index contributed by atoms with van der Waals surface area (Å²) in [4.78, 5) is 8.38. The van der Waals surface area contributed by atoms with E-state index in [0.29, 0.717) is 22.6 Å². The van der Waals surface area contributed by atoms with E-state index < -0.39 is 27.7 Å². The first-order chi connectivity index (χ1) is 15.0. The standard InChI is InChI=1S/C21H21F3N4O3S/c1-32(30,31)13-14-2-8-17(9-3-14)27-20-25-11-10-19(28-20)26-12-18(29)15-4-6-16(7-5-15)21(22,23)24/h2-11,18,29H,12-13H2,1H3,(H2,25,26,27,28). The molecule has 1 unspecified atom stereocenters. The van der Waals surface area contributed by atoms with Crippen LogP contribution in [0.25, 0.3) is 0 Å². The molecule has 0 aliphatic rings. The first-order valence-electron chi connectivity index (χ1n) is 9.45. The van der Waals surface area contributed by atoms with Crippen molar-refractivity contribution in [3.05, 3.63) is 77.5 Å². The van der Waals surface area contributed by atoms with Crippen LogP contribution in [0.5, 0.6) is 0 Å². The molecule has 1 heterocycles. The normalized spacial score (nSPS) is 12.9. The van der Waals surface area contributed by atoms with Crippen LogP contribution in [0.1, 0.15) is 22.8 Å². The zero-order valence-electron chi connectivity index (χ0n) is 17.0. The summed E-state index contributed by atoms with van der Waals surface area (Å²) in [6.07, 6.45) is -2.80. The minimum atomic E-state index is -4.43. The number of aliphatic hydroxyl groups excluding tert-OH is 1. The van der Waals surface area contributed by atoms with Crippen molar-refractivity contribution in [1.82, 2.24) is 9.97 Å². The first-order valence-corrected chi connectivity index (χ1v) is 11.5. The molecule has 0 radical (unpaired) electrons. The van der Waals surface area contributed by atoms with Gasteiger partial charge in [0.05, 0.1) is 17.4 Å². The van der Waals surface area contributed by atoms with Gasteiger partial charge in [-0.2, -0.15) is 18.2 Å². The summed E-state index contributed by atoms with van der Waals surface area (Å²) in [5.41, 5.74) is 0.875. The highest BCUT2D eigenvalue weighted by molar-refractivity contribution is 7.89. The summed E-state index contributed by atoms with van der Waals surface area (Å²) in [6, 6.07) is 12.7. The second kappa shape index (κ2) is 9.53. The Balaban J connectivity index is 1.59. The molecule has 11 heteroatoms. The molecular weight excluding hydrogens is 445 g/mol. The molecule has 0 aliphatic heterocycles. The van der Waals surface area contributed by atoms with Gasteiger partial charge < -0.3 is 15.7 Å². The van der Waals surface area contributed by atoms with Crippen LogP contribution in [0.4, 0.5) is 30.6 Å². The smallest absolute Gasteiger partial charge is 0.387 e. The molecule has 0 amide bonds. The lowest BCUT2D eigenvalue weighted by molar-refractivity contribution is -0.137. The average molecular weight is 466 g/mol. The Labute approximate surface area is 183 Å². The number of aliphatic hydroxyl groups is 1. The summed E-state index contributed by atoms with van der Waals surface area (Å²) in [7, 11) is -3.12. The Morgan fingerprint density at radius 3 is 2.28 bits per heavy atom. The molecule has 0 aliphatic carbocycles. The Kier molecular flexibility index (Phi) is 6.99. The van der Waals surface area contributed by atoms with Crippen molar-refractivity contribution in [2.75, 3.05) is 23.4 Å². The molecule has 170 valence electrons. The zero-order chi connectivity index (χ0) is 23.4. The Bertz CT molecular complexity index is 1150. The molecule has 0 bridgehead atoms. The number of rotatable bonds is 8. The highest BCUT2D eigenvalue weighted by atomic mass is 32.2. The molecule has 3 aromatic rings. The number of hydrogen-bond acceptors (Lipinski definition) is 7. The highest BCUT2D eigenvalue weighted by Gasteiger charge is 2.30. The quantitative estimate of drug-likeness (QED) is 0.462. The van der Waals surface area contributed by atoms with Gasteiger partial charge in [0.2, 0.25) is 5.95 Å². The number of halogens is 3. The second-order valence-corrected chi connectivity index (χ2v) is 9.31. The van der Waals surface area contributed by atoms with E-state index in [1.807, 2.05) is 0 Å². The Morgan fingerprint density at radius 2 is 1.69 bits per heavy atom. The van der Waals surface area contributed by atoms with E-state index >= 15 is 0 Å². The fourth-order valence-corrected chi connectivity index (χ4v) is 3.64. The molecule has 0 spiro atoms. The van der Waals surface area contributed by atoms with E-state index in [9.17, 15) is 26.7 Å². The first kappa shape index (κ1) is 23.5. The molecule has 0 saturated heterocycles. The number of alkyl halides is 3. The lowest BCUT2D eigenvalue weighted by Gasteiger charge is -2.14. The number of nitrogens with zero attached hydrogens (tertiary/aromatic N) is 2. The lowest BCUT2D eigenvalue weighted by atomic mass is 10.1. The highest BCUT2D eigenvalue weighted by Crippen LogP contribution is 2.30. The third-order valence-corrected chi connectivity index (χ3v) is 5.25. The molecule has 3 N–H and O–H groups in total. The fourth-order valence-electron chi connectivity index (χ4n) is 2.85. The summed E-state index contributed by atoms with van der Waals surface area (Å²) in [6.45, 7) is 0.0298. The lowest BCUT2D eigenvalue weighted by Crippen LogP contribution is -2.14. The Morgan fingerprint density at radius 1 is 1.03 bits per heavy atom. The van der Waals surface area contributed by atoms with Gasteiger partial charge in [-0.1, -0.05) is 24.3 Å². The van der Waals surface area contributed by atoms with E-state index in [2.05, 4.69) is 20.6 Å². The SMILES string of the molecule is CS(=O)(=O)Cc1ccc(Nc2nccc(NCC(O)c3ccc(C(F)(F)F)cc3)n2)cc1. The van der Waals surface area contributed by atoms with Crippen LogP contribution in [0.15, 0.2) is 60.8 Å². The van der Waals surface area contributed by atoms with Crippen LogP contribution in [0.2, 0.25) is 0 Å². The molecule has 32 heavy (non-hydrogen) atoms. The van der Waals surface area contributed by atoms with Gasteiger partial charge >= 0.3 is 6.18 Å². The zero-order valence-corrected chi connectivity index (χ0v) is 17.8. The van der Waals surface area contributed by atoms with Gasteiger partial charge in [0.25, 0.3) is 0 Å². The molecule has 1 atom stereocenters. The maximum atomic E-state index is 12.7. The van der Waals surface area contributed by atoms with Crippen LogP contribution in [-0.2, 0) is 21.8 Å². The average Bonchev–Trinajstić information content (AvgIpc) is 2.72. The van der Waals surface area contributed by atoms with Crippen molar-refractivity contribution >= 4 is 27.3 Å². The van der Waals surface area contributed by atoms with Crippen molar-refractivity contribution in [3.63, 3.8) is 0 Å². The van der Waals surface area contributed by atoms with Crippen LogP contribution in [-0.4, -0.2) is 36.3 Å². The third kappa shape index (κ3) is 6.92. The summed E-state index contributed by atoms with van der Waals surface area (Å²) >= 11 is 0. The minimum Gasteiger partial charge on any atom is -0.387 e. The predicted molar refractivity (Wildman–Crippen MR) is 115 cm³/mol. The Hall–Kier alpha value is -3.18. The predicted octanol–water partition coefficient (Wildman–Crippen LogP) is 3.93. The van der Waals surface area contributed by atoms with Crippen LogP contribution >= 0.6 is 0 Å². The van der Waals surface area contributed by atoms with Crippen LogP contribution in [0.3, 0.4) is 0 Å². The monoisotopic (exact) mass is 466 g/mol. The molecule has 0 saturated carbocycles. The second-order valence-electron chi connectivity index (χ2n) is 7.17. The van der Waals surface area contributed by atoms with Crippen molar-refractivity contribution in [1.29, 1.82) is 0 Å². The van der Waals surface area contributed by atoms with Gasteiger partial charge in [0, 0.05) is 24.7 Å². The van der Waals surface area contributed by atoms with Gasteiger partial charge in [-0.25, -0.2) is 13.4 Å². The molecule has 2 aromatic carbocycles. The summed E-state index contributed by atoms with van der Waals surface area (Å²) in [5, 5.41) is 16.2. The molecule has 3 rings (SSSR count). The van der Waals surface area contributed by atoms with Gasteiger partial charge in [0.15, 0.2) is 9.84 Å². The summed E-state index contributed by atoms with van der Waals surface area (Å²) in [5.74, 6) is 0.627. The van der Waals surface area contributed by atoms with Gasteiger partial charge in [-0.05, 0) is 41.5 Å². The van der Waals surface area contributed by atoms with Crippen molar-refractivity contribution in [2.45, 2.75) is 18.0 Å². The van der Waals surface area contributed by atoms with Crippen molar-refractivity contribution in [2.24, 2.45) is 0 Å². The molecule has 1 aromatic heterocycles. The van der Waals surface area contributed by atoms with Gasteiger partial charge in [-0.3, -0.25) is 0 Å². The maximum absolute atomic E-state index is 12.7. The number of hydrogen-bond donors (Lipinski definition) is 3. The molecular formula is C21H21F3N4O3S. The van der Waals surface area contributed by atoms with Crippen LogP contribution in [0, 0.1) is 0 Å². The molecule has 7 nitrogen and oxygen atoms in total. The largest absolute Gasteiger partial charge is 0.416 e. The van der Waals surface area contributed by atoms with E-state index in [0.717, 1.165) is 12.1 Å². The van der Waals surface area contributed by atoms with Crippen molar-refractivity contribution < 1.29 is 26.7 Å². The van der Waals surface area contributed by atoms with Gasteiger partial charge in [-0.15, -0.1) is 0 Å². The molecule has 0 fully saturated rings. The third-order valence-electron chi connectivity index (χ3n) is 4.39. The number of aromatic nitrogens is 2. The number of anilines is 3. The van der Waals surface area contributed by atoms with Crippen molar-refractivity contribution in [3.8, 4) is 0 Å². The van der Waals surface area contributed by atoms with E-state index in [1.54, 1.807) is 30.3 Å². The topological polar surface area (TPSA) is 104 Å². The summed E-state index contributed by atoms with van der Waals surface area (Å²) < 4.78 is 60.7. The number of benzene rings is 2. The minimum absolute atomic E-state index is 0.0298. The fraction of sp³-hybridized carbons (Fsp3) is 0.238.